The average molecular weight is 574 g/mol. The van der Waals surface area contributed by atoms with Crippen LogP contribution in [0, 0.1) is 0 Å². The molecule has 2 N–H and O–H groups in total. The lowest BCUT2D eigenvalue weighted by Gasteiger charge is -2.09. The Morgan fingerprint density at radius 3 is 1.19 bits per heavy atom. The van der Waals surface area contributed by atoms with Crippen LogP contribution in [0.15, 0.2) is 60.7 Å². The van der Waals surface area contributed by atoms with E-state index in [9.17, 15) is 19.8 Å². The highest BCUT2D eigenvalue weighted by molar-refractivity contribution is 9.10. The van der Waals surface area contributed by atoms with Crippen LogP contribution in [0.25, 0.3) is 0 Å². The van der Waals surface area contributed by atoms with Crippen LogP contribution < -0.4 is 20.0 Å². The highest BCUT2D eigenvalue weighted by Crippen LogP contribution is 2.09. The maximum absolute atomic E-state index is 10.3. The molecule has 0 aliphatic carbocycles. The molecule has 0 saturated carbocycles. The second-order valence-corrected chi connectivity index (χ2v) is 10.1. The van der Waals surface area contributed by atoms with Gasteiger partial charge in [0.25, 0.3) is 0 Å². The summed E-state index contributed by atoms with van der Waals surface area (Å²) in [6, 6.07) is 18.9. The molecule has 6 nitrogen and oxygen atoms in total. The number of likely N-dealkylation sites (N-methyl/N-ethyl adjacent to an activating group) is 2. The molecule has 2 aromatic rings. The minimum absolute atomic E-state index is 0.461. The molecule has 0 bridgehead atoms. The van der Waals surface area contributed by atoms with Crippen molar-refractivity contribution in [1.82, 2.24) is 0 Å². The average Bonchev–Trinajstić information content (AvgIpc) is 2.74. The third-order valence-electron chi connectivity index (χ3n) is 4.15. The summed E-state index contributed by atoms with van der Waals surface area (Å²) in [4.78, 5) is 22.6. The van der Waals surface area contributed by atoms with Crippen molar-refractivity contribution in [2.45, 2.75) is 22.5 Å². The number of carboxylic acids is 2. The number of hydrogen-bond donors (Lipinski definition) is 2. The van der Waals surface area contributed by atoms with Gasteiger partial charge >= 0.3 is 0 Å². The summed E-state index contributed by atoms with van der Waals surface area (Å²) in [5.41, 5.74) is 1.98. The number of nitrogens with one attached hydrogen (secondary N) is 2. The van der Waals surface area contributed by atoms with Crippen LogP contribution in [0.1, 0.15) is 11.1 Å². The summed E-state index contributed by atoms with van der Waals surface area (Å²) in [7, 11) is 8.73. The summed E-state index contributed by atoms with van der Waals surface area (Å²) in [5.74, 6) is -2.14. The molecule has 0 amide bonds. The predicted molar refractivity (Wildman–Crippen MR) is 131 cm³/mol. The molecule has 0 aliphatic rings. The SMILES string of the molecule is C[NH+](C)CC[NH+](C)C.O=C([O-])[C@H](Br)Cc1ccccc1.O=C([O-])[C@H](Br)Cc1ccccc1. The first-order chi connectivity index (χ1) is 15.0. The van der Waals surface area contributed by atoms with Crippen molar-refractivity contribution in [3.8, 4) is 0 Å². The largest absolute Gasteiger partial charge is 0.549 e. The highest BCUT2D eigenvalue weighted by Gasteiger charge is 2.05. The van der Waals surface area contributed by atoms with Gasteiger partial charge in [0.2, 0.25) is 0 Å². The smallest absolute Gasteiger partial charge is 0.126 e. The van der Waals surface area contributed by atoms with Crippen LogP contribution in [0.2, 0.25) is 0 Å². The number of alkyl halides is 2. The van der Waals surface area contributed by atoms with E-state index in [1.54, 1.807) is 0 Å². The Labute approximate surface area is 208 Å². The van der Waals surface area contributed by atoms with Gasteiger partial charge in [0.15, 0.2) is 0 Å². The van der Waals surface area contributed by atoms with Crippen LogP contribution in [0.3, 0.4) is 0 Å². The Balaban J connectivity index is 0.000000462. The molecule has 0 heterocycles. The summed E-state index contributed by atoms with van der Waals surface area (Å²) >= 11 is 6.03. The first-order valence-corrected chi connectivity index (χ1v) is 12.2. The van der Waals surface area contributed by atoms with E-state index >= 15 is 0 Å². The van der Waals surface area contributed by atoms with Gasteiger partial charge in [-0.1, -0.05) is 92.5 Å². The zero-order valence-electron chi connectivity index (χ0n) is 19.1. The number of quaternary nitrogens is 2. The highest BCUT2D eigenvalue weighted by atomic mass is 79.9. The van der Waals surface area contributed by atoms with Gasteiger partial charge in [-0.2, -0.15) is 0 Å². The van der Waals surface area contributed by atoms with E-state index in [0.29, 0.717) is 12.8 Å². The van der Waals surface area contributed by atoms with Crippen LogP contribution >= 0.6 is 31.9 Å². The topological polar surface area (TPSA) is 89.1 Å². The fourth-order valence-electron chi connectivity index (χ4n) is 2.31. The first-order valence-electron chi connectivity index (χ1n) is 10.4. The summed E-state index contributed by atoms with van der Waals surface area (Å²) < 4.78 is 0. The third-order valence-corrected chi connectivity index (χ3v) is 5.55. The Bertz CT molecular complexity index is 694. The van der Waals surface area contributed by atoms with Gasteiger partial charge in [-0.05, 0) is 24.0 Å². The molecule has 2 rings (SSSR count). The first kappa shape index (κ1) is 30.3. The zero-order chi connectivity index (χ0) is 24.5. The van der Waals surface area contributed by atoms with Crippen LogP contribution in [0.4, 0.5) is 0 Å². The summed E-state index contributed by atoms with van der Waals surface area (Å²) in [6.45, 7) is 2.53. The van der Waals surface area contributed by atoms with Crippen molar-refractivity contribution in [1.29, 1.82) is 0 Å². The second kappa shape index (κ2) is 17.8. The molecule has 0 spiro atoms. The van der Waals surface area contributed by atoms with Crippen LogP contribution in [0.5, 0.6) is 0 Å². The van der Waals surface area contributed by atoms with Crippen LogP contribution in [-0.2, 0) is 22.4 Å². The number of halogens is 2. The molecule has 0 aromatic heterocycles. The lowest BCUT2D eigenvalue weighted by Crippen LogP contribution is -3.14. The lowest BCUT2D eigenvalue weighted by atomic mass is 10.1. The predicted octanol–water partition coefficient (Wildman–Crippen LogP) is -1.24. The molecule has 0 fully saturated rings. The third kappa shape index (κ3) is 16.9. The molecule has 0 aliphatic heterocycles. The van der Waals surface area contributed by atoms with Crippen molar-refractivity contribution < 1.29 is 29.6 Å². The van der Waals surface area contributed by atoms with Gasteiger partial charge in [-0.25, -0.2) is 0 Å². The maximum atomic E-state index is 10.3. The van der Waals surface area contributed by atoms with E-state index < -0.39 is 21.6 Å². The van der Waals surface area contributed by atoms with Gasteiger partial charge in [-0.3, -0.25) is 0 Å². The molecule has 0 unspecified atom stereocenters. The van der Waals surface area contributed by atoms with Crippen molar-refractivity contribution in [2.75, 3.05) is 41.3 Å². The molecule has 2 atom stereocenters. The number of carbonyl (C=O) groups is 2. The molecule has 2 aromatic carbocycles. The summed E-state index contributed by atoms with van der Waals surface area (Å²) in [6.07, 6.45) is 0.923. The monoisotopic (exact) mass is 572 g/mol. The second-order valence-electron chi connectivity index (χ2n) is 7.87. The Kier molecular flexibility index (Phi) is 16.8. The van der Waals surface area contributed by atoms with Gasteiger partial charge in [0.05, 0.1) is 49.8 Å². The lowest BCUT2D eigenvalue weighted by molar-refractivity contribution is -0.918. The number of carbonyl (C=O) groups excluding carboxylic acids is 2. The molecule has 0 saturated heterocycles. The molecule has 178 valence electrons. The number of carboxylic acid groups (broad SMARTS) is 2. The number of benzene rings is 2. The fourth-order valence-corrected chi connectivity index (χ4v) is 3.06. The van der Waals surface area contributed by atoms with Crippen molar-refractivity contribution in [3.05, 3.63) is 71.8 Å². The van der Waals surface area contributed by atoms with Gasteiger partial charge < -0.3 is 29.6 Å². The van der Waals surface area contributed by atoms with E-state index in [-0.39, 0.29) is 0 Å². The number of aliphatic carboxylic acids is 2. The quantitative estimate of drug-likeness (QED) is 0.367. The van der Waals surface area contributed by atoms with E-state index in [1.165, 1.54) is 22.9 Å². The number of hydrogen-bond acceptors (Lipinski definition) is 4. The minimum Gasteiger partial charge on any atom is -0.549 e. The molecular weight excluding hydrogens is 540 g/mol. The minimum atomic E-state index is -1.07. The molecular formula is C24H34Br2N2O4. The standard InChI is InChI=1S/2C9H9BrO2.C6H16N2/c2*10-8(9(11)12)6-7-4-2-1-3-5-7;1-7(2)5-6-8(3)4/h2*1-5,8H,6H2,(H,11,12);5-6H2,1-4H3/t2*8-;/m11./s1. The van der Waals surface area contributed by atoms with Crippen molar-refractivity contribution in [3.63, 3.8) is 0 Å². The van der Waals surface area contributed by atoms with Crippen molar-refractivity contribution in [2.24, 2.45) is 0 Å². The Morgan fingerprint density at radius 2 is 0.969 bits per heavy atom. The molecule has 0 radical (unpaired) electrons. The Hall–Kier alpha value is -1.74. The van der Waals surface area contributed by atoms with E-state index in [1.807, 2.05) is 60.7 Å². The van der Waals surface area contributed by atoms with Crippen molar-refractivity contribution >= 4 is 43.8 Å². The number of rotatable bonds is 9. The summed E-state index contributed by atoms with van der Waals surface area (Å²) in [5, 5.41) is 20.7. The molecule has 32 heavy (non-hydrogen) atoms. The Morgan fingerprint density at radius 1 is 0.688 bits per heavy atom. The maximum Gasteiger partial charge on any atom is 0.126 e. The molecule has 8 heteroatoms. The van der Waals surface area contributed by atoms with Crippen LogP contribution in [-0.4, -0.2) is 62.9 Å². The van der Waals surface area contributed by atoms with Gasteiger partial charge in [-0.15, -0.1) is 0 Å². The van der Waals surface area contributed by atoms with E-state index in [2.05, 4.69) is 60.1 Å². The van der Waals surface area contributed by atoms with Gasteiger partial charge in [0, 0.05) is 0 Å². The van der Waals surface area contributed by atoms with E-state index in [4.69, 9.17) is 0 Å². The zero-order valence-corrected chi connectivity index (χ0v) is 22.3. The normalized spacial score (nSPS) is 12.1. The van der Waals surface area contributed by atoms with Gasteiger partial charge in [0.1, 0.15) is 13.1 Å². The fraction of sp³-hybridized carbons (Fsp3) is 0.417. The van der Waals surface area contributed by atoms with E-state index in [0.717, 1.165) is 11.1 Å².